The zero-order valence-electron chi connectivity index (χ0n) is 9.23. The van der Waals surface area contributed by atoms with Crippen LogP contribution in [0.15, 0.2) is 24.3 Å². The Morgan fingerprint density at radius 2 is 2.44 bits per heavy atom. The maximum atomic E-state index is 11.3. The minimum atomic E-state index is -0.114. The molecule has 1 saturated heterocycles. The van der Waals surface area contributed by atoms with Crippen molar-refractivity contribution in [3.8, 4) is 5.75 Å². The lowest BCUT2D eigenvalue weighted by molar-refractivity contribution is -0.123. The maximum absolute atomic E-state index is 11.3. The monoisotopic (exact) mass is 221 g/mol. The van der Waals surface area contributed by atoms with E-state index in [1.54, 1.807) is 0 Å². The van der Waals surface area contributed by atoms with E-state index in [1.807, 2.05) is 31.2 Å². The molecule has 0 bridgehead atoms. The first kappa shape index (κ1) is 11.0. The Hall–Kier alpha value is -1.55. The van der Waals surface area contributed by atoms with Gasteiger partial charge < -0.3 is 14.8 Å². The van der Waals surface area contributed by atoms with Crippen LogP contribution in [0.4, 0.5) is 0 Å². The van der Waals surface area contributed by atoms with Crippen molar-refractivity contribution in [2.75, 3.05) is 19.8 Å². The molecule has 4 nitrogen and oxygen atoms in total. The predicted octanol–water partition coefficient (Wildman–Crippen LogP) is 0.889. The van der Waals surface area contributed by atoms with Gasteiger partial charge in [-0.2, -0.15) is 0 Å². The van der Waals surface area contributed by atoms with Gasteiger partial charge >= 0.3 is 0 Å². The molecule has 4 heteroatoms. The summed E-state index contributed by atoms with van der Waals surface area (Å²) >= 11 is 0. The highest BCUT2D eigenvalue weighted by Crippen LogP contribution is 2.12. The molecule has 0 spiro atoms. The topological polar surface area (TPSA) is 50.9 Å². The zero-order valence-corrected chi connectivity index (χ0v) is 9.23. The molecule has 1 aromatic carbocycles. The molecule has 1 heterocycles. The second kappa shape index (κ2) is 4.99. The second-order valence-electron chi connectivity index (χ2n) is 3.86. The zero-order chi connectivity index (χ0) is 11.4. The van der Waals surface area contributed by atoms with Crippen molar-refractivity contribution in [3.05, 3.63) is 29.8 Å². The number of aryl methyl sites for hydroxylation is 1. The Labute approximate surface area is 94.6 Å². The summed E-state index contributed by atoms with van der Waals surface area (Å²) in [5.74, 6) is 0.606. The van der Waals surface area contributed by atoms with Crippen molar-refractivity contribution < 1.29 is 14.3 Å². The van der Waals surface area contributed by atoms with E-state index in [2.05, 4.69) is 5.32 Å². The van der Waals surface area contributed by atoms with Crippen molar-refractivity contribution >= 4 is 5.91 Å². The molecule has 16 heavy (non-hydrogen) atoms. The van der Waals surface area contributed by atoms with Gasteiger partial charge in [0.25, 0.3) is 5.91 Å². The number of ether oxygens (including phenoxy) is 2. The highest BCUT2D eigenvalue weighted by molar-refractivity contribution is 5.77. The van der Waals surface area contributed by atoms with Gasteiger partial charge in [0.15, 0.2) is 6.61 Å². The van der Waals surface area contributed by atoms with E-state index >= 15 is 0 Å². The summed E-state index contributed by atoms with van der Waals surface area (Å²) in [6.07, 6.45) is 0.211. The first-order valence-electron chi connectivity index (χ1n) is 5.32. The third-order valence-corrected chi connectivity index (χ3v) is 2.29. The smallest absolute Gasteiger partial charge is 0.258 e. The van der Waals surface area contributed by atoms with Gasteiger partial charge in [-0.25, -0.2) is 0 Å². The Kier molecular flexibility index (Phi) is 3.41. The van der Waals surface area contributed by atoms with Gasteiger partial charge in [0.1, 0.15) is 5.75 Å². The largest absolute Gasteiger partial charge is 0.484 e. The third kappa shape index (κ3) is 3.55. The fourth-order valence-corrected chi connectivity index (χ4v) is 1.32. The summed E-state index contributed by atoms with van der Waals surface area (Å²) in [6, 6.07) is 7.62. The lowest BCUT2D eigenvalue weighted by Gasteiger charge is -2.06. The van der Waals surface area contributed by atoms with Gasteiger partial charge in [0.05, 0.1) is 12.7 Å². The van der Waals surface area contributed by atoms with Crippen LogP contribution in [0.25, 0.3) is 0 Å². The molecule has 0 aliphatic carbocycles. The number of nitrogens with one attached hydrogen (secondary N) is 1. The van der Waals surface area contributed by atoms with E-state index < -0.39 is 0 Å². The average molecular weight is 221 g/mol. The van der Waals surface area contributed by atoms with Crippen LogP contribution < -0.4 is 10.1 Å². The summed E-state index contributed by atoms with van der Waals surface area (Å²) in [5, 5.41) is 2.74. The second-order valence-corrected chi connectivity index (χ2v) is 3.86. The normalized spacial score (nSPS) is 17.9. The minimum Gasteiger partial charge on any atom is -0.484 e. The van der Waals surface area contributed by atoms with E-state index in [0.717, 1.165) is 17.9 Å². The van der Waals surface area contributed by atoms with Crippen molar-refractivity contribution in [2.24, 2.45) is 0 Å². The van der Waals surface area contributed by atoms with E-state index in [4.69, 9.17) is 9.47 Å². The first-order chi connectivity index (χ1) is 7.74. The van der Waals surface area contributed by atoms with Crippen molar-refractivity contribution in [1.82, 2.24) is 5.32 Å². The van der Waals surface area contributed by atoms with Crippen LogP contribution in [0.5, 0.6) is 5.75 Å². The number of epoxide rings is 1. The number of benzene rings is 1. The molecule has 86 valence electrons. The number of carbonyl (C=O) groups is 1. The SMILES string of the molecule is Cc1cccc(OCC(=O)NC[C@@H]2CO2)c1. The maximum Gasteiger partial charge on any atom is 0.258 e. The molecule has 1 fully saturated rings. The molecule has 1 aliphatic heterocycles. The van der Waals surface area contributed by atoms with Crippen LogP contribution >= 0.6 is 0 Å². The number of hydrogen-bond donors (Lipinski definition) is 1. The predicted molar refractivity (Wildman–Crippen MR) is 59.4 cm³/mol. The van der Waals surface area contributed by atoms with E-state index in [0.29, 0.717) is 6.54 Å². The van der Waals surface area contributed by atoms with Gasteiger partial charge in [-0.15, -0.1) is 0 Å². The molecule has 0 saturated carbocycles. The first-order valence-corrected chi connectivity index (χ1v) is 5.32. The van der Waals surface area contributed by atoms with Crippen molar-refractivity contribution in [3.63, 3.8) is 0 Å². The highest BCUT2D eigenvalue weighted by Gasteiger charge is 2.22. The lowest BCUT2D eigenvalue weighted by atomic mass is 10.2. The highest BCUT2D eigenvalue weighted by atomic mass is 16.6. The molecule has 0 unspecified atom stereocenters. The quantitative estimate of drug-likeness (QED) is 0.751. The standard InChI is InChI=1S/C12H15NO3/c1-9-3-2-4-10(5-9)16-8-12(14)13-6-11-7-15-11/h2-5,11H,6-8H2,1H3,(H,13,14)/t11-/m1/s1. The van der Waals surface area contributed by atoms with E-state index in [1.165, 1.54) is 0 Å². The van der Waals surface area contributed by atoms with E-state index in [-0.39, 0.29) is 18.6 Å². The van der Waals surface area contributed by atoms with Gasteiger partial charge in [-0.1, -0.05) is 12.1 Å². The van der Waals surface area contributed by atoms with Crippen LogP contribution in [0.2, 0.25) is 0 Å². The Bertz CT molecular complexity index is 374. The Morgan fingerprint density at radius 3 is 3.12 bits per heavy atom. The molecule has 1 amide bonds. The summed E-state index contributed by atoms with van der Waals surface area (Å²) in [7, 11) is 0. The number of rotatable bonds is 5. The summed E-state index contributed by atoms with van der Waals surface area (Å²) < 4.78 is 10.3. The number of hydrogen-bond acceptors (Lipinski definition) is 3. The van der Waals surface area contributed by atoms with Crippen LogP contribution in [-0.4, -0.2) is 31.8 Å². The molecule has 0 radical (unpaired) electrons. The third-order valence-electron chi connectivity index (χ3n) is 2.29. The molecular weight excluding hydrogens is 206 g/mol. The summed E-state index contributed by atoms with van der Waals surface area (Å²) in [6.45, 7) is 3.36. The van der Waals surface area contributed by atoms with E-state index in [9.17, 15) is 4.79 Å². The number of carbonyl (C=O) groups excluding carboxylic acids is 1. The summed E-state index contributed by atoms with van der Waals surface area (Å²) in [5.41, 5.74) is 1.12. The molecule has 1 atom stereocenters. The molecular formula is C12H15NO3. The Morgan fingerprint density at radius 1 is 1.62 bits per heavy atom. The molecule has 2 rings (SSSR count). The fourth-order valence-electron chi connectivity index (χ4n) is 1.32. The Balaban J connectivity index is 1.71. The van der Waals surface area contributed by atoms with Crippen LogP contribution in [-0.2, 0) is 9.53 Å². The molecule has 1 aromatic rings. The lowest BCUT2D eigenvalue weighted by Crippen LogP contribution is -2.31. The van der Waals surface area contributed by atoms with Gasteiger partial charge in [-0.3, -0.25) is 4.79 Å². The summed E-state index contributed by atoms with van der Waals surface area (Å²) in [4.78, 5) is 11.3. The molecule has 0 aromatic heterocycles. The van der Waals surface area contributed by atoms with Crippen LogP contribution in [0, 0.1) is 6.92 Å². The van der Waals surface area contributed by atoms with Gasteiger partial charge in [0.2, 0.25) is 0 Å². The average Bonchev–Trinajstić information content (AvgIpc) is 3.07. The minimum absolute atomic E-state index is 0.0518. The van der Waals surface area contributed by atoms with Crippen LogP contribution in [0.1, 0.15) is 5.56 Å². The molecule has 1 N–H and O–H groups in total. The van der Waals surface area contributed by atoms with Gasteiger partial charge in [0, 0.05) is 6.54 Å². The fraction of sp³-hybridized carbons (Fsp3) is 0.417. The van der Waals surface area contributed by atoms with Crippen LogP contribution in [0.3, 0.4) is 0 Å². The number of amides is 1. The molecule has 1 aliphatic rings. The van der Waals surface area contributed by atoms with Gasteiger partial charge in [-0.05, 0) is 24.6 Å². The van der Waals surface area contributed by atoms with Crippen molar-refractivity contribution in [2.45, 2.75) is 13.0 Å². The van der Waals surface area contributed by atoms with Crippen molar-refractivity contribution in [1.29, 1.82) is 0 Å².